The molecule has 0 radical (unpaired) electrons. The van der Waals surface area contributed by atoms with Gasteiger partial charge in [0.05, 0.1) is 6.10 Å². The smallest absolute Gasteiger partial charge is 0.194 e. The Morgan fingerprint density at radius 3 is 2.52 bits per heavy atom. The summed E-state index contributed by atoms with van der Waals surface area (Å²) < 4.78 is 0. The molecule has 2 aliphatic rings. The molecule has 136 valence electrons. The summed E-state index contributed by atoms with van der Waals surface area (Å²) in [6, 6.07) is 0. The first-order valence-electron chi connectivity index (χ1n) is 8.81. The maximum absolute atomic E-state index is 9.66. The van der Waals surface area contributed by atoms with E-state index in [0.717, 1.165) is 38.4 Å². The van der Waals surface area contributed by atoms with E-state index < -0.39 is 0 Å². The fraction of sp³-hybridized carbons (Fsp3) is 0.938. The highest BCUT2D eigenvalue weighted by Crippen LogP contribution is 2.09. The Kier molecular flexibility index (Phi) is 10.4. The fourth-order valence-corrected chi connectivity index (χ4v) is 3.06. The number of aliphatic hydroxyl groups excluding tert-OH is 1. The Morgan fingerprint density at radius 2 is 1.91 bits per heavy atom. The zero-order valence-corrected chi connectivity index (χ0v) is 17.0. The minimum absolute atomic E-state index is 0. The summed E-state index contributed by atoms with van der Waals surface area (Å²) >= 11 is 0. The lowest BCUT2D eigenvalue weighted by molar-refractivity contribution is 0.152. The number of halogens is 1. The van der Waals surface area contributed by atoms with Crippen LogP contribution in [0.2, 0.25) is 0 Å². The second-order valence-corrected chi connectivity index (χ2v) is 6.48. The number of unbranched alkanes of at least 4 members (excludes halogenated alkanes) is 1. The third-order valence-electron chi connectivity index (χ3n) is 4.54. The van der Waals surface area contributed by atoms with Gasteiger partial charge in [-0.3, -0.25) is 4.99 Å². The standard InChI is InChI=1S/C16H33N5O.HI/c1-3-17-16(21-9-6-15(22)14-21)18-7-4-5-8-20-12-10-19(2)11-13-20;/h15,22H,3-14H2,1-2H3,(H,17,18);1H/t15-;/m1./s1. The van der Waals surface area contributed by atoms with Gasteiger partial charge in [-0.15, -0.1) is 24.0 Å². The molecule has 2 heterocycles. The number of nitrogens with zero attached hydrogens (tertiary/aromatic N) is 4. The van der Waals surface area contributed by atoms with Crippen molar-refractivity contribution in [3.63, 3.8) is 0 Å². The number of nitrogens with one attached hydrogen (secondary N) is 1. The topological polar surface area (TPSA) is 54.3 Å². The van der Waals surface area contributed by atoms with Crippen LogP contribution in [0.3, 0.4) is 0 Å². The number of β-amino-alcohol motifs (C(OH)–C–C–N with tert-alkyl or cyclic N) is 1. The lowest BCUT2D eigenvalue weighted by atomic mass is 10.2. The molecule has 0 aliphatic carbocycles. The van der Waals surface area contributed by atoms with E-state index in [1.807, 2.05) is 0 Å². The molecule has 7 heteroatoms. The van der Waals surface area contributed by atoms with E-state index in [9.17, 15) is 5.11 Å². The predicted molar refractivity (Wildman–Crippen MR) is 107 cm³/mol. The molecule has 0 spiro atoms. The lowest BCUT2D eigenvalue weighted by Crippen LogP contribution is -2.44. The molecule has 2 fully saturated rings. The van der Waals surface area contributed by atoms with E-state index in [1.54, 1.807) is 0 Å². The molecule has 2 saturated heterocycles. The summed E-state index contributed by atoms with van der Waals surface area (Å²) in [7, 11) is 2.20. The van der Waals surface area contributed by atoms with Crippen molar-refractivity contribution < 1.29 is 5.11 Å². The molecule has 0 aromatic rings. The average molecular weight is 439 g/mol. The number of likely N-dealkylation sites (N-methyl/N-ethyl adjacent to an activating group) is 1. The van der Waals surface area contributed by atoms with E-state index in [1.165, 1.54) is 39.1 Å². The van der Waals surface area contributed by atoms with Crippen LogP contribution in [0, 0.1) is 0 Å². The molecule has 2 rings (SSSR count). The maximum Gasteiger partial charge on any atom is 0.194 e. The molecule has 0 aromatic heterocycles. The van der Waals surface area contributed by atoms with Gasteiger partial charge in [0.2, 0.25) is 0 Å². The Morgan fingerprint density at radius 1 is 1.17 bits per heavy atom. The molecular weight excluding hydrogens is 405 g/mol. The third kappa shape index (κ3) is 7.53. The average Bonchev–Trinajstić information content (AvgIpc) is 2.94. The summed E-state index contributed by atoms with van der Waals surface area (Å²) in [6.07, 6.45) is 3.02. The van der Waals surface area contributed by atoms with Crippen molar-refractivity contribution in [2.24, 2.45) is 4.99 Å². The number of rotatable bonds is 6. The van der Waals surface area contributed by atoms with Gasteiger partial charge in [-0.05, 0) is 39.8 Å². The maximum atomic E-state index is 9.66. The Balaban J connectivity index is 0.00000264. The summed E-state index contributed by atoms with van der Waals surface area (Å²) in [5.41, 5.74) is 0. The van der Waals surface area contributed by atoms with Gasteiger partial charge in [-0.25, -0.2) is 0 Å². The largest absolute Gasteiger partial charge is 0.391 e. The monoisotopic (exact) mass is 439 g/mol. The summed E-state index contributed by atoms with van der Waals surface area (Å²) in [5.74, 6) is 0.971. The van der Waals surface area contributed by atoms with Crippen LogP contribution in [0.4, 0.5) is 0 Å². The third-order valence-corrected chi connectivity index (χ3v) is 4.54. The SMILES string of the molecule is CCNC(=NCCCCN1CCN(C)CC1)N1CC[C@@H](O)C1.I. The van der Waals surface area contributed by atoms with Crippen molar-refractivity contribution >= 4 is 29.9 Å². The number of piperazine rings is 1. The predicted octanol–water partition coefficient (Wildman–Crippen LogP) is 0.664. The van der Waals surface area contributed by atoms with Crippen molar-refractivity contribution in [2.45, 2.75) is 32.3 Å². The van der Waals surface area contributed by atoms with E-state index in [0.29, 0.717) is 6.54 Å². The van der Waals surface area contributed by atoms with E-state index >= 15 is 0 Å². The number of aliphatic imine (C=N–C) groups is 1. The van der Waals surface area contributed by atoms with Crippen LogP contribution in [0.1, 0.15) is 26.2 Å². The zero-order chi connectivity index (χ0) is 15.8. The molecular formula is C16H34IN5O. The summed E-state index contributed by atoms with van der Waals surface area (Å²) in [4.78, 5) is 11.9. The van der Waals surface area contributed by atoms with E-state index in [2.05, 4.69) is 34.0 Å². The highest BCUT2D eigenvalue weighted by Gasteiger charge is 2.22. The van der Waals surface area contributed by atoms with Gasteiger partial charge < -0.3 is 25.1 Å². The summed E-state index contributed by atoms with van der Waals surface area (Å²) in [5, 5.41) is 13.0. The molecule has 2 aliphatic heterocycles. The van der Waals surface area contributed by atoms with Crippen molar-refractivity contribution in [3.05, 3.63) is 0 Å². The minimum atomic E-state index is -0.193. The number of hydrogen-bond donors (Lipinski definition) is 2. The van der Waals surface area contributed by atoms with Gasteiger partial charge in [0.15, 0.2) is 5.96 Å². The Bertz CT molecular complexity index is 347. The number of likely N-dealkylation sites (tertiary alicyclic amines) is 1. The second kappa shape index (κ2) is 11.4. The van der Waals surface area contributed by atoms with Crippen LogP contribution in [-0.4, -0.2) is 97.8 Å². The van der Waals surface area contributed by atoms with Gasteiger partial charge in [-0.1, -0.05) is 0 Å². The van der Waals surface area contributed by atoms with Crippen LogP contribution in [0.25, 0.3) is 0 Å². The normalized spacial score (nSPS) is 23.9. The highest BCUT2D eigenvalue weighted by atomic mass is 127. The van der Waals surface area contributed by atoms with Crippen LogP contribution in [-0.2, 0) is 0 Å². The number of hydrogen-bond acceptors (Lipinski definition) is 4. The quantitative estimate of drug-likeness (QED) is 0.276. The van der Waals surface area contributed by atoms with Crippen molar-refractivity contribution in [1.29, 1.82) is 0 Å². The molecule has 23 heavy (non-hydrogen) atoms. The lowest BCUT2D eigenvalue weighted by Gasteiger charge is -2.32. The van der Waals surface area contributed by atoms with Gasteiger partial charge in [-0.2, -0.15) is 0 Å². The minimum Gasteiger partial charge on any atom is -0.391 e. The molecule has 0 bridgehead atoms. The first-order valence-corrected chi connectivity index (χ1v) is 8.81. The fourth-order valence-electron chi connectivity index (χ4n) is 3.06. The first kappa shape index (κ1) is 20.9. The first-order chi connectivity index (χ1) is 10.7. The van der Waals surface area contributed by atoms with Gasteiger partial charge in [0, 0.05) is 52.4 Å². The van der Waals surface area contributed by atoms with Crippen LogP contribution in [0.5, 0.6) is 0 Å². The van der Waals surface area contributed by atoms with Crippen LogP contribution >= 0.6 is 24.0 Å². The highest BCUT2D eigenvalue weighted by molar-refractivity contribution is 14.0. The summed E-state index contributed by atoms with van der Waals surface area (Å²) in [6.45, 7) is 11.5. The van der Waals surface area contributed by atoms with Gasteiger partial charge in [0.25, 0.3) is 0 Å². The molecule has 0 unspecified atom stereocenters. The molecule has 0 amide bonds. The molecule has 2 N–H and O–H groups in total. The van der Waals surface area contributed by atoms with Crippen LogP contribution in [0.15, 0.2) is 4.99 Å². The van der Waals surface area contributed by atoms with Gasteiger partial charge >= 0.3 is 0 Å². The number of aliphatic hydroxyl groups is 1. The Labute approximate surface area is 158 Å². The second-order valence-electron chi connectivity index (χ2n) is 6.48. The molecule has 0 saturated carbocycles. The zero-order valence-electron chi connectivity index (χ0n) is 14.7. The van der Waals surface area contributed by atoms with E-state index in [4.69, 9.17) is 4.99 Å². The van der Waals surface area contributed by atoms with E-state index in [-0.39, 0.29) is 30.1 Å². The molecule has 6 nitrogen and oxygen atoms in total. The van der Waals surface area contributed by atoms with Crippen molar-refractivity contribution in [2.75, 3.05) is 66.0 Å². The van der Waals surface area contributed by atoms with Gasteiger partial charge in [0.1, 0.15) is 0 Å². The van der Waals surface area contributed by atoms with Crippen molar-refractivity contribution in [3.8, 4) is 0 Å². The van der Waals surface area contributed by atoms with Crippen molar-refractivity contribution in [1.82, 2.24) is 20.0 Å². The Hall–Kier alpha value is -0.120. The molecule has 1 atom stereocenters. The number of guanidine groups is 1. The van der Waals surface area contributed by atoms with Crippen LogP contribution < -0.4 is 5.32 Å². The molecule has 0 aromatic carbocycles.